The van der Waals surface area contributed by atoms with Crippen LogP contribution in [0.15, 0.2) is 134 Å². The van der Waals surface area contributed by atoms with Gasteiger partial charge >= 0.3 is 23.1 Å². The van der Waals surface area contributed by atoms with Crippen LogP contribution in [0.4, 0.5) is 0 Å². The van der Waals surface area contributed by atoms with Crippen molar-refractivity contribution in [2.24, 2.45) is 0 Å². The molecule has 2 aromatic heterocycles. The average molecular weight is 2020 g/mol. The van der Waals surface area contributed by atoms with Gasteiger partial charge in [0.15, 0.2) is 117 Å². The molecule has 21 nitrogen and oxygen atoms in total. The number of Topliss-reactive ketones (excluding diaryl/α,β-unsaturated/α-hetero) is 1. The molecular formula is C98H118BrClI2MgN4O17. The Bertz CT molecular complexity index is 5630. The average Bonchev–Trinajstić information content (AvgIpc) is 1.02. The summed E-state index contributed by atoms with van der Waals surface area (Å²) in [6.07, 6.45) is 13.1. The van der Waals surface area contributed by atoms with E-state index in [4.69, 9.17) is 75.8 Å². The molecular weight excluding hydrogens is 1900 g/mol. The van der Waals surface area contributed by atoms with Gasteiger partial charge in [0, 0.05) is 83.0 Å². The molecule has 10 aliphatic heterocycles. The first kappa shape index (κ1) is 105. The van der Waals surface area contributed by atoms with Crippen LogP contribution in [0.1, 0.15) is 152 Å². The van der Waals surface area contributed by atoms with Crippen LogP contribution < -0.4 is 138 Å². The number of nitrogens with zero attached hydrogens (tertiary/aromatic N) is 4. The second kappa shape index (κ2) is 45.2. The van der Waals surface area contributed by atoms with Crippen molar-refractivity contribution in [2.45, 2.75) is 136 Å². The van der Waals surface area contributed by atoms with E-state index < -0.39 is 0 Å². The number of benzene rings is 8. The smallest absolute Gasteiger partial charge is 1.00 e. The number of ketones is 1. The fraction of sp³-hybridized carbons (Fsp3) is 0.357. The number of carbonyl (C=O) groups is 1. The van der Waals surface area contributed by atoms with E-state index in [9.17, 15) is 4.79 Å². The Morgan fingerprint density at radius 1 is 0.492 bits per heavy atom. The van der Waals surface area contributed by atoms with Gasteiger partial charge in [0.25, 0.3) is 0 Å². The number of aryl methyl sites for hydroxylation is 5. The Morgan fingerprint density at radius 3 is 1.40 bits per heavy atom. The summed E-state index contributed by atoms with van der Waals surface area (Å²) in [5.74, 6) is 12.7. The molecule has 0 saturated heterocycles. The quantitative estimate of drug-likeness (QED) is 0.0298. The molecule has 0 amide bonds. The summed E-state index contributed by atoms with van der Waals surface area (Å²) in [7, 11) is 13.4. The fourth-order valence-corrected chi connectivity index (χ4v) is 17.5. The van der Waals surface area contributed by atoms with Gasteiger partial charge in [-0.05, 0) is 181 Å². The molecule has 0 radical (unpaired) electrons. The molecule has 662 valence electrons. The number of allylic oxidation sites excluding steroid dienone is 2. The van der Waals surface area contributed by atoms with Crippen LogP contribution in [0.3, 0.4) is 0 Å². The summed E-state index contributed by atoms with van der Waals surface area (Å²) >= 11 is 2.15. The molecule has 0 saturated carbocycles. The molecule has 0 bridgehead atoms. The predicted octanol–water partition coefficient (Wildman–Crippen LogP) is 11.6. The van der Waals surface area contributed by atoms with Crippen LogP contribution in [0.5, 0.6) is 92.0 Å². The molecule has 8 aromatic carbocycles. The maximum atomic E-state index is 12.2. The standard InChI is InChI=1S/C24H25NO4.C23H23NO5.C21H20NO4.C20H18NO4.C3H5.CH3I.6CH4.BrH.ClH.HI.Mg/c1-13(2)22-21-16(6-7-18(26-4)24(21)27-5)14(3)23-17-11-20-19(28-12-29-20)10-15(17)8-9-25(22)23;1-13(25)8-18-22-15(4-5-19(26-2)23(22)27-3)9-17-16-11-21-20(28-12-29-21)10-14(16)6-7-24(17)18;1-12-14-4-5-17(23-2)21(24-3)16(14)10-22-7-6-13-8-18-19(26-11-25-18)9-15(13)20(12)22;1-22-17-4-3-12-7-16-14-9-19-18(24-11-25-19)8-13(14)5-6-21(16)10-15(12)20(17)23-2;1-3-2;1-2;;;;;;;;;;/h6-7,10-11,22H,1,8-9,12H2,2-5H3;4-5,9-11,18H,6-8,12H2,1-3H3;4-5,8-10H,6-7,11H2,1-3H3;3-4,7-10H,5-6,11H2,1-2H3;1H2,2H3;1H3;6*1H4;3*1H;/q;;2*+1;-1;;;;;;;;;;;+2/p-3. The third-order valence-corrected chi connectivity index (χ3v) is 22.5. The zero-order valence-corrected chi connectivity index (χ0v) is 76.8. The first-order valence-corrected chi connectivity index (χ1v) is 40.0. The van der Waals surface area contributed by atoms with Crippen LogP contribution in [0.25, 0.3) is 67.1 Å². The number of methoxy groups -OCH3 is 8. The second-order valence-corrected chi connectivity index (χ2v) is 28.6. The van der Waals surface area contributed by atoms with Gasteiger partial charge in [0.1, 0.15) is 5.78 Å². The molecule has 12 heterocycles. The molecule has 20 rings (SSSR count). The Morgan fingerprint density at radius 2 is 0.895 bits per heavy atom. The topological polar surface area (TPSA) is 179 Å². The van der Waals surface area contributed by atoms with E-state index in [0.29, 0.717) is 31.5 Å². The SMILES string of the molecule is C.C.C.C.C.C.C=C(C)C1c2c(ccc(OC)c2OC)C(C)=C2c3cc4c(cc3CCN21)OCO4.C=[C-]C.CI.COc1ccc2c(C)c3[n+](cc2c1OC)CCc1cc2c(cc1-3)OCO2.COc1ccc2c(c1OC)C(CC(C)=O)N1CCc3cc4c(cc3C1=C2)OCO4.COc1ccc2cc3[n+](cc2c1OC)CCc1cc2c(cc1-3)OCO2.[Br-].[Cl-].[I-].[Mg+2]. The molecule has 10 aliphatic rings. The number of carbonyl (C=O) groups excluding carboxylic acids is 1. The first-order valence-electron chi connectivity index (χ1n) is 37.9. The van der Waals surface area contributed by atoms with E-state index in [2.05, 4.69) is 173 Å². The number of alkyl halides is 1. The minimum atomic E-state index is -0.105. The summed E-state index contributed by atoms with van der Waals surface area (Å²) in [6, 6.07) is 35.1. The van der Waals surface area contributed by atoms with E-state index in [1.807, 2.05) is 35.3 Å². The van der Waals surface area contributed by atoms with Gasteiger partial charge in [-0.2, -0.15) is 16.1 Å². The molecule has 26 heteroatoms. The summed E-state index contributed by atoms with van der Waals surface area (Å²) in [4.78, 5) is 18.9. The number of rotatable bonds is 11. The van der Waals surface area contributed by atoms with Gasteiger partial charge in [-0.3, -0.25) is 11.4 Å². The summed E-state index contributed by atoms with van der Waals surface area (Å²) in [6.45, 7) is 22.1. The van der Waals surface area contributed by atoms with Crippen LogP contribution in [-0.2, 0) is 43.6 Å². The fourth-order valence-electron chi connectivity index (χ4n) is 17.5. The molecule has 124 heavy (non-hydrogen) atoms. The Kier molecular flexibility index (Phi) is 38.3. The number of pyridine rings is 2. The van der Waals surface area contributed by atoms with Gasteiger partial charge in [-0.25, -0.2) is 0 Å². The van der Waals surface area contributed by atoms with E-state index in [1.165, 1.54) is 78.1 Å². The summed E-state index contributed by atoms with van der Waals surface area (Å²) in [5.41, 5.74) is 22.5. The van der Waals surface area contributed by atoms with E-state index in [1.54, 1.807) is 70.7 Å². The van der Waals surface area contributed by atoms with Crippen LogP contribution in [0, 0.1) is 13.0 Å². The van der Waals surface area contributed by atoms with Crippen molar-refractivity contribution in [1.29, 1.82) is 0 Å². The van der Waals surface area contributed by atoms with Gasteiger partial charge in [0.05, 0.1) is 90.9 Å². The number of ether oxygens (including phenoxy) is 16. The molecule has 0 aliphatic carbocycles. The van der Waals surface area contributed by atoms with Gasteiger partial charge < -0.3 is 145 Å². The van der Waals surface area contributed by atoms with E-state index in [0.717, 1.165) is 182 Å². The van der Waals surface area contributed by atoms with Crippen LogP contribution in [-0.4, -0.2) is 141 Å². The largest absolute Gasteiger partial charge is 2.00 e. The van der Waals surface area contributed by atoms with Gasteiger partial charge in [0.2, 0.25) is 38.6 Å². The number of halogens is 4. The molecule has 10 aromatic rings. The maximum absolute atomic E-state index is 12.2. The molecule has 2 atom stereocenters. The molecule has 0 N–H and O–H groups in total. The third kappa shape index (κ3) is 19.2. The first-order chi connectivity index (χ1) is 55.5. The number of fused-ring (bicyclic) bond motifs is 20. The monoisotopic (exact) mass is 2010 g/mol. The van der Waals surface area contributed by atoms with Crippen molar-refractivity contribution in [3.8, 4) is 115 Å². The van der Waals surface area contributed by atoms with Crippen LogP contribution >= 0.6 is 22.6 Å². The second-order valence-electron chi connectivity index (χ2n) is 28.6. The van der Waals surface area contributed by atoms with Crippen molar-refractivity contribution >= 4 is 96.0 Å². The number of hydrogen-bond donors (Lipinski definition) is 0. The minimum absolute atomic E-state index is 0. The summed E-state index contributed by atoms with van der Waals surface area (Å²) < 4.78 is 94.1. The number of aromatic nitrogens is 2. The molecule has 2 unspecified atom stereocenters. The normalized spacial score (nSPS) is 14.7. The van der Waals surface area contributed by atoms with Crippen LogP contribution in [0.2, 0.25) is 0 Å². The van der Waals surface area contributed by atoms with Crippen molar-refractivity contribution in [1.82, 2.24) is 9.80 Å². The number of hydrogen-bond acceptors (Lipinski definition) is 19. The maximum Gasteiger partial charge on any atom is 2.00 e. The van der Waals surface area contributed by atoms with Crippen molar-refractivity contribution in [2.75, 3.05) is 102 Å². The van der Waals surface area contributed by atoms with Crippen molar-refractivity contribution < 1.29 is 143 Å². The van der Waals surface area contributed by atoms with Gasteiger partial charge in [-0.1, -0.05) is 91.4 Å². The zero-order chi connectivity index (χ0) is 79.9. The molecule has 0 fully saturated rings. The molecule has 0 spiro atoms. The zero-order valence-electron chi connectivity index (χ0n) is 68.8. The van der Waals surface area contributed by atoms with Crippen molar-refractivity contribution in [3.05, 3.63) is 202 Å². The van der Waals surface area contributed by atoms with Gasteiger partial charge in [-0.15, -0.1) is 0 Å². The Balaban J connectivity index is 0.000000281. The minimum Gasteiger partial charge on any atom is -1.00 e. The predicted molar refractivity (Wildman–Crippen MR) is 491 cm³/mol. The third-order valence-electron chi connectivity index (χ3n) is 22.5. The Hall–Kier alpha value is -9.39. The summed E-state index contributed by atoms with van der Waals surface area (Å²) in [5, 5.41) is 4.40. The van der Waals surface area contributed by atoms with E-state index in [-0.39, 0.29) is 152 Å². The van der Waals surface area contributed by atoms with Crippen molar-refractivity contribution in [3.63, 3.8) is 0 Å². The van der Waals surface area contributed by atoms with E-state index >= 15 is 0 Å². The Labute approximate surface area is 796 Å².